The number of benzene rings is 1. The van der Waals surface area contributed by atoms with Crippen molar-refractivity contribution in [3.63, 3.8) is 0 Å². The Morgan fingerprint density at radius 1 is 1.24 bits per heavy atom. The summed E-state index contributed by atoms with van der Waals surface area (Å²) in [5, 5.41) is 0. The van der Waals surface area contributed by atoms with Gasteiger partial charge in [-0.15, -0.1) is 0 Å². The van der Waals surface area contributed by atoms with Crippen molar-refractivity contribution in [2.45, 2.75) is 51.8 Å². The molecule has 118 valence electrons. The van der Waals surface area contributed by atoms with Gasteiger partial charge in [-0.25, -0.2) is 0 Å². The lowest BCUT2D eigenvalue weighted by atomic mass is 9.97. The summed E-state index contributed by atoms with van der Waals surface area (Å²) in [7, 11) is 1.81. The molecule has 1 aliphatic rings. The number of hydrogen-bond donors (Lipinski definition) is 1. The van der Waals surface area contributed by atoms with E-state index in [0.717, 1.165) is 32.4 Å². The van der Waals surface area contributed by atoms with Crippen LogP contribution in [-0.4, -0.2) is 37.2 Å². The average Bonchev–Trinajstić information content (AvgIpc) is 2.49. The van der Waals surface area contributed by atoms with Crippen LogP contribution in [0.3, 0.4) is 0 Å². The third-order valence-electron chi connectivity index (χ3n) is 4.45. The molecule has 3 heteroatoms. The van der Waals surface area contributed by atoms with Crippen LogP contribution in [0.25, 0.3) is 0 Å². The van der Waals surface area contributed by atoms with Crippen LogP contribution in [0.1, 0.15) is 37.8 Å². The minimum Gasteiger partial charge on any atom is -0.381 e. The quantitative estimate of drug-likeness (QED) is 0.875. The Labute approximate surface area is 129 Å². The monoisotopic (exact) mass is 290 g/mol. The van der Waals surface area contributed by atoms with Crippen LogP contribution in [0.5, 0.6) is 0 Å². The van der Waals surface area contributed by atoms with Crippen molar-refractivity contribution in [3.05, 3.63) is 35.4 Å². The van der Waals surface area contributed by atoms with E-state index in [9.17, 15) is 0 Å². The minimum atomic E-state index is 0.378. The first kappa shape index (κ1) is 16.5. The molecule has 0 spiro atoms. The second-order valence-corrected chi connectivity index (χ2v) is 6.66. The van der Waals surface area contributed by atoms with Crippen molar-refractivity contribution in [1.29, 1.82) is 0 Å². The molecule has 2 rings (SSSR count). The molecule has 2 N–H and O–H groups in total. The SMILES string of the molecule is COC1CCN(Cc2ccc(CC(C)C)cc2)C(CN)C1. The van der Waals surface area contributed by atoms with Crippen molar-refractivity contribution in [3.8, 4) is 0 Å². The largest absolute Gasteiger partial charge is 0.381 e. The smallest absolute Gasteiger partial charge is 0.0599 e. The van der Waals surface area contributed by atoms with Crippen LogP contribution in [0.15, 0.2) is 24.3 Å². The summed E-state index contributed by atoms with van der Waals surface area (Å²) in [6.45, 7) is 7.32. The Hall–Kier alpha value is -0.900. The molecule has 1 aromatic rings. The molecule has 0 aliphatic carbocycles. The van der Waals surface area contributed by atoms with Gasteiger partial charge in [0.15, 0.2) is 0 Å². The Morgan fingerprint density at radius 3 is 2.48 bits per heavy atom. The van der Waals surface area contributed by atoms with E-state index in [0.29, 0.717) is 24.6 Å². The molecule has 3 nitrogen and oxygen atoms in total. The molecule has 1 aromatic carbocycles. The normalized spacial score (nSPS) is 23.7. The molecule has 1 heterocycles. The summed E-state index contributed by atoms with van der Waals surface area (Å²) in [5.41, 5.74) is 8.76. The molecule has 0 radical (unpaired) electrons. The molecular formula is C18H30N2O. The van der Waals surface area contributed by atoms with Crippen LogP contribution in [-0.2, 0) is 17.7 Å². The summed E-state index contributed by atoms with van der Waals surface area (Å²) in [5.74, 6) is 0.713. The van der Waals surface area contributed by atoms with Gasteiger partial charge in [-0.3, -0.25) is 4.90 Å². The maximum absolute atomic E-state index is 5.95. The van der Waals surface area contributed by atoms with Gasteiger partial charge >= 0.3 is 0 Å². The molecule has 1 fully saturated rings. The lowest BCUT2D eigenvalue weighted by Crippen LogP contribution is -2.47. The third kappa shape index (κ3) is 4.80. The van der Waals surface area contributed by atoms with Crippen LogP contribution >= 0.6 is 0 Å². The van der Waals surface area contributed by atoms with Crippen molar-refractivity contribution in [2.24, 2.45) is 11.7 Å². The predicted octanol–water partition coefficient (Wildman–Crippen LogP) is 2.82. The molecule has 1 aliphatic heterocycles. The highest BCUT2D eigenvalue weighted by molar-refractivity contribution is 5.23. The topological polar surface area (TPSA) is 38.5 Å². The van der Waals surface area contributed by atoms with Crippen LogP contribution in [0.4, 0.5) is 0 Å². The molecule has 2 atom stereocenters. The van der Waals surface area contributed by atoms with Gasteiger partial charge in [-0.2, -0.15) is 0 Å². The van der Waals surface area contributed by atoms with Crippen molar-refractivity contribution in [1.82, 2.24) is 4.90 Å². The van der Waals surface area contributed by atoms with E-state index in [1.54, 1.807) is 7.11 Å². The fourth-order valence-electron chi connectivity index (χ4n) is 3.22. The first-order valence-corrected chi connectivity index (χ1v) is 8.17. The molecule has 1 saturated heterocycles. The first-order valence-electron chi connectivity index (χ1n) is 8.17. The van der Waals surface area contributed by atoms with Gasteiger partial charge in [0.05, 0.1) is 6.10 Å². The second kappa shape index (κ2) is 7.92. The lowest BCUT2D eigenvalue weighted by molar-refractivity contribution is 0.0102. The average molecular weight is 290 g/mol. The highest BCUT2D eigenvalue weighted by Gasteiger charge is 2.27. The Kier molecular flexibility index (Phi) is 6.22. The maximum Gasteiger partial charge on any atom is 0.0599 e. The standard InChI is InChI=1S/C18H30N2O/c1-14(2)10-15-4-6-16(7-5-15)13-20-9-8-18(21-3)11-17(20)12-19/h4-7,14,17-18H,8-13,19H2,1-3H3. The number of methoxy groups -OCH3 is 1. The Balaban J connectivity index is 1.94. The number of nitrogens with zero attached hydrogens (tertiary/aromatic N) is 1. The molecular weight excluding hydrogens is 260 g/mol. The predicted molar refractivity (Wildman–Crippen MR) is 88.3 cm³/mol. The van der Waals surface area contributed by atoms with Gasteiger partial charge in [0.2, 0.25) is 0 Å². The zero-order valence-electron chi connectivity index (χ0n) is 13.7. The van der Waals surface area contributed by atoms with Crippen molar-refractivity contribution < 1.29 is 4.74 Å². The molecule has 0 aromatic heterocycles. The fourth-order valence-corrected chi connectivity index (χ4v) is 3.22. The lowest BCUT2D eigenvalue weighted by Gasteiger charge is -2.38. The van der Waals surface area contributed by atoms with Gasteiger partial charge in [-0.1, -0.05) is 38.1 Å². The van der Waals surface area contributed by atoms with Crippen LogP contribution in [0, 0.1) is 5.92 Å². The van der Waals surface area contributed by atoms with Crippen molar-refractivity contribution >= 4 is 0 Å². The molecule has 0 bridgehead atoms. The van der Waals surface area contributed by atoms with Gasteiger partial charge in [0.1, 0.15) is 0 Å². The number of ether oxygens (including phenoxy) is 1. The molecule has 2 unspecified atom stereocenters. The molecule has 0 saturated carbocycles. The number of rotatable bonds is 6. The first-order chi connectivity index (χ1) is 10.1. The van der Waals surface area contributed by atoms with E-state index >= 15 is 0 Å². The van der Waals surface area contributed by atoms with Gasteiger partial charge in [0, 0.05) is 32.8 Å². The van der Waals surface area contributed by atoms with Crippen molar-refractivity contribution in [2.75, 3.05) is 20.2 Å². The summed E-state index contributed by atoms with van der Waals surface area (Å²) < 4.78 is 5.49. The van der Waals surface area contributed by atoms with Gasteiger partial charge < -0.3 is 10.5 Å². The molecule has 21 heavy (non-hydrogen) atoms. The number of piperidine rings is 1. The fraction of sp³-hybridized carbons (Fsp3) is 0.667. The third-order valence-corrected chi connectivity index (χ3v) is 4.45. The highest BCUT2D eigenvalue weighted by atomic mass is 16.5. The number of likely N-dealkylation sites (tertiary alicyclic amines) is 1. The summed E-state index contributed by atoms with van der Waals surface area (Å²) >= 11 is 0. The van der Waals surface area contributed by atoms with E-state index in [1.165, 1.54) is 11.1 Å². The Bertz CT molecular complexity index is 416. The van der Waals surface area contributed by atoms with Crippen LogP contribution in [0.2, 0.25) is 0 Å². The van der Waals surface area contributed by atoms with Gasteiger partial charge in [0.25, 0.3) is 0 Å². The van der Waals surface area contributed by atoms with E-state index in [4.69, 9.17) is 10.5 Å². The highest BCUT2D eigenvalue weighted by Crippen LogP contribution is 2.21. The second-order valence-electron chi connectivity index (χ2n) is 6.66. The number of nitrogens with two attached hydrogens (primary N) is 1. The van der Waals surface area contributed by atoms with Crippen LogP contribution < -0.4 is 5.73 Å². The minimum absolute atomic E-state index is 0.378. The van der Waals surface area contributed by atoms with E-state index in [-0.39, 0.29) is 0 Å². The number of hydrogen-bond acceptors (Lipinski definition) is 3. The Morgan fingerprint density at radius 2 is 1.90 bits per heavy atom. The molecule has 0 amide bonds. The summed E-state index contributed by atoms with van der Waals surface area (Å²) in [4.78, 5) is 2.51. The summed E-state index contributed by atoms with van der Waals surface area (Å²) in [6.07, 6.45) is 3.70. The zero-order valence-corrected chi connectivity index (χ0v) is 13.7. The van der Waals surface area contributed by atoms with E-state index < -0.39 is 0 Å². The maximum atomic E-state index is 5.95. The summed E-state index contributed by atoms with van der Waals surface area (Å²) in [6, 6.07) is 9.53. The zero-order chi connectivity index (χ0) is 15.2. The van der Waals surface area contributed by atoms with E-state index in [1.807, 2.05) is 0 Å². The van der Waals surface area contributed by atoms with E-state index in [2.05, 4.69) is 43.0 Å². The van der Waals surface area contributed by atoms with Gasteiger partial charge in [-0.05, 0) is 36.3 Å².